The van der Waals surface area contributed by atoms with Gasteiger partial charge in [0.15, 0.2) is 0 Å². The molecule has 0 atom stereocenters. The summed E-state index contributed by atoms with van der Waals surface area (Å²) in [6, 6.07) is 1.53. The normalized spacial score (nSPS) is 9.71. The van der Waals surface area contributed by atoms with Gasteiger partial charge in [0.25, 0.3) is 5.91 Å². The number of aryl methyl sites for hydroxylation is 1. The van der Waals surface area contributed by atoms with E-state index in [1.807, 2.05) is 0 Å². The number of amides is 2. The number of ether oxygens (including phenoxy) is 1. The van der Waals surface area contributed by atoms with Gasteiger partial charge in [0.1, 0.15) is 6.61 Å². The highest BCUT2D eigenvalue weighted by atomic mass is 16.5. The number of hydrogen-bond acceptors (Lipinski definition) is 5. The second-order valence-electron chi connectivity index (χ2n) is 3.33. The van der Waals surface area contributed by atoms with Crippen LogP contribution in [0.3, 0.4) is 0 Å². The van der Waals surface area contributed by atoms with Crippen LogP contribution < -0.4 is 16.8 Å². The number of pyridine rings is 1. The molecule has 0 unspecified atom stereocenters. The number of primary amides is 1. The number of nitrogens with two attached hydrogens (primary N) is 2. The predicted octanol–water partition coefficient (Wildman–Crippen LogP) is -0.203. The Morgan fingerprint density at radius 3 is 2.88 bits per heavy atom. The van der Waals surface area contributed by atoms with Crippen LogP contribution in [0.4, 0.5) is 10.5 Å². The zero-order valence-corrected chi connectivity index (χ0v) is 9.40. The molecule has 0 radical (unpaired) electrons. The van der Waals surface area contributed by atoms with Crippen molar-refractivity contribution in [3.05, 3.63) is 23.5 Å². The van der Waals surface area contributed by atoms with E-state index < -0.39 is 6.09 Å². The lowest BCUT2D eigenvalue weighted by Crippen LogP contribution is -2.29. The highest BCUT2D eigenvalue weighted by molar-refractivity contribution is 5.95. The third kappa shape index (κ3) is 3.98. The summed E-state index contributed by atoms with van der Waals surface area (Å²) in [6.07, 6.45) is 0.600. The van der Waals surface area contributed by atoms with E-state index in [0.29, 0.717) is 16.9 Å². The van der Waals surface area contributed by atoms with E-state index in [-0.39, 0.29) is 19.1 Å². The maximum Gasteiger partial charge on any atom is 0.404 e. The van der Waals surface area contributed by atoms with E-state index >= 15 is 0 Å². The zero-order valence-electron chi connectivity index (χ0n) is 9.40. The SMILES string of the molecule is Cc1ncc(N)cc1C(=O)NCCOC(N)=O. The molecule has 0 fully saturated rings. The summed E-state index contributed by atoms with van der Waals surface area (Å²) >= 11 is 0. The van der Waals surface area contributed by atoms with Crippen molar-refractivity contribution in [3.8, 4) is 0 Å². The zero-order chi connectivity index (χ0) is 12.8. The molecule has 1 heterocycles. The summed E-state index contributed by atoms with van der Waals surface area (Å²) in [5.74, 6) is -0.324. The highest BCUT2D eigenvalue weighted by Crippen LogP contribution is 2.08. The molecule has 92 valence electrons. The van der Waals surface area contributed by atoms with Gasteiger partial charge in [0.05, 0.1) is 29.7 Å². The van der Waals surface area contributed by atoms with Crippen LogP contribution >= 0.6 is 0 Å². The standard InChI is InChI=1S/C10H14N4O3/c1-6-8(4-7(11)5-14-6)9(15)13-2-3-17-10(12)16/h4-5H,2-3,11H2,1H3,(H2,12,16)(H,13,15). The Bertz CT molecular complexity index is 434. The van der Waals surface area contributed by atoms with Crippen LogP contribution in [0, 0.1) is 6.92 Å². The molecule has 1 aromatic heterocycles. The summed E-state index contributed by atoms with van der Waals surface area (Å²) in [6.45, 7) is 1.90. The van der Waals surface area contributed by atoms with Crippen LogP contribution in [0.15, 0.2) is 12.3 Å². The average Bonchev–Trinajstić information content (AvgIpc) is 2.27. The average molecular weight is 238 g/mol. The van der Waals surface area contributed by atoms with E-state index in [0.717, 1.165) is 0 Å². The number of aromatic nitrogens is 1. The third-order valence-corrected chi connectivity index (χ3v) is 1.98. The number of nitrogens with one attached hydrogen (secondary N) is 1. The number of anilines is 1. The molecule has 0 spiro atoms. The van der Waals surface area contributed by atoms with Crippen LogP contribution in [-0.2, 0) is 4.74 Å². The van der Waals surface area contributed by atoms with E-state index in [4.69, 9.17) is 11.5 Å². The fraction of sp³-hybridized carbons (Fsp3) is 0.300. The van der Waals surface area contributed by atoms with E-state index in [2.05, 4.69) is 15.0 Å². The van der Waals surface area contributed by atoms with Gasteiger partial charge in [0, 0.05) is 0 Å². The molecule has 0 aliphatic rings. The maximum atomic E-state index is 11.7. The first kappa shape index (κ1) is 12.8. The van der Waals surface area contributed by atoms with Crippen molar-refractivity contribution in [1.29, 1.82) is 0 Å². The second-order valence-corrected chi connectivity index (χ2v) is 3.33. The van der Waals surface area contributed by atoms with Gasteiger partial charge in [-0.3, -0.25) is 9.78 Å². The van der Waals surface area contributed by atoms with Crippen molar-refractivity contribution in [2.45, 2.75) is 6.92 Å². The molecule has 0 saturated heterocycles. The minimum absolute atomic E-state index is 0.0237. The molecule has 1 rings (SSSR count). The van der Waals surface area contributed by atoms with Crippen molar-refractivity contribution in [2.24, 2.45) is 5.73 Å². The second kappa shape index (κ2) is 5.69. The van der Waals surface area contributed by atoms with Crippen LogP contribution in [0.25, 0.3) is 0 Å². The van der Waals surface area contributed by atoms with Gasteiger partial charge >= 0.3 is 6.09 Å². The molecule has 7 nitrogen and oxygen atoms in total. The minimum atomic E-state index is -0.874. The molecule has 5 N–H and O–H groups in total. The topological polar surface area (TPSA) is 120 Å². The summed E-state index contributed by atoms with van der Waals surface area (Å²) in [5, 5.41) is 2.56. The maximum absolute atomic E-state index is 11.7. The number of nitrogen functional groups attached to an aromatic ring is 1. The Hall–Kier alpha value is -2.31. The Labute approximate surface area is 98.1 Å². The van der Waals surface area contributed by atoms with Crippen LogP contribution in [0.5, 0.6) is 0 Å². The van der Waals surface area contributed by atoms with Crippen LogP contribution in [0.1, 0.15) is 16.1 Å². The molecule has 17 heavy (non-hydrogen) atoms. The van der Waals surface area contributed by atoms with Gasteiger partial charge in [-0.2, -0.15) is 0 Å². The van der Waals surface area contributed by atoms with E-state index in [1.165, 1.54) is 12.3 Å². The van der Waals surface area contributed by atoms with Gasteiger partial charge in [-0.05, 0) is 13.0 Å². The molecule has 0 bridgehead atoms. The van der Waals surface area contributed by atoms with Crippen molar-refractivity contribution < 1.29 is 14.3 Å². The first-order valence-electron chi connectivity index (χ1n) is 4.93. The minimum Gasteiger partial charge on any atom is -0.448 e. The first-order chi connectivity index (χ1) is 8.00. The van der Waals surface area contributed by atoms with Gasteiger partial charge in [-0.1, -0.05) is 0 Å². The summed E-state index contributed by atoms with van der Waals surface area (Å²) in [7, 11) is 0. The van der Waals surface area contributed by atoms with Crippen LogP contribution in [0.2, 0.25) is 0 Å². The molecule has 0 saturated carbocycles. The van der Waals surface area contributed by atoms with Crippen molar-refractivity contribution in [1.82, 2.24) is 10.3 Å². The quantitative estimate of drug-likeness (QED) is 0.627. The Morgan fingerprint density at radius 1 is 1.53 bits per heavy atom. The van der Waals surface area contributed by atoms with Crippen molar-refractivity contribution in [3.63, 3.8) is 0 Å². The summed E-state index contributed by atoms with van der Waals surface area (Å²) in [4.78, 5) is 25.9. The Balaban J connectivity index is 2.52. The fourth-order valence-corrected chi connectivity index (χ4v) is 1.19. The molecular weight excluding hydrogens is 224 g/mol. The Kier molecular flexibility index (Phi) is 4.27. The fourth-order valence-electron chi connectivity index (χ4n) is 1.19. The lowest BCUT2D eigenvalue weighted by Gasteiger charge is -2.07. The summed E-state index contributed by atoms with van der Waals surface area (Å²) in [5.41, 5.74) is 11.7. The highest BCUT2D eigenvalue weighted by Gasteiger charge is 2.09. The summed E-state index contributed by atoms with van der Waals surface area (Å²) < 4.78 is 4.47. The molecular formula is C10H14N4O3. The number of rotatable bonds is 4. The lowest BCUT2D eigenvalue weighted by atomic mass is 10.2. The van der Waals surface area contributed by atoms with Crippen LogP contribution in [-0.4, -0.2) is 30.1 Å². The van der Waals surface area contributed by atoms with E-state index in [9.17, 15) is 9.59 Å². The monoisotopic (exact) mass is 238 g/mol. The lowest BCUT2D eigenvalue weighted by molar-refractivity contribution is 0.0936. The molecule has 1 aromatic rings. The molecule has 0 aliphatic carbocycles. The first-order valence-corrected chi connectivity index (χ1v) is 4.93. The Morgan fingerprint density at radius 2 is 2.24 bits per heavy atom. The van der Waals surface area contributed by atoms with E-state index in [1.54, 1.807) is 6.92 Å². The molecule has 0 aliphatic heterocycles. The number of nitrogens with zero attached hydrogens (tertiary/aromatic N) is 1. The smallest absolute Gasteiger partial charge is 0.404 e. The van der Waals surface area contributed by atoms with Gasteiger partial charge in [0.2, 0.25) is 0 Å². The van der Waals surface area contributed by atoms with Gasteiger partial charge < -0.3 is 21.5 Å². The number of carbonyl (C=O) groups excluding carboxylic acids is 2. The number of hydrogen-bond donors (Lipinski definition) is 3. The van der Waals surface area contributed by atoms with Gasteiger partial charge in [-0.15, -0.1) is 0 Å². The van der Waals surface area contributed by atoms with Crippen molar-refractivity contribution >= 4 is 17.7 Å². The number of carbonyl (C=O) groups is 2. The third-order valence-electron chi connectivity index (χ3n) is 1.98. The molecule has 7 heteroatoms. The van der Waals surface area contributed by atoms with Gasteiger partial charge in [-0.25, -0.2) is 4.79 Å². The largest absolute Gasteiger partial charge is 0.448 e. The van der Waals surface area contributed by atoms with Crippen molar-refractivity contribution in [2.75, 3.05) is 18.9 Å². The molecule has 0 aromatic carbocycles. The molecule has 2 amide bonds. The predicted molar refractivity (Wildman–Crippen MR) is 61.3 cm³/mol.